The highest BCUT2D eigenvalue weighted by Gasteiger charge is 2.18. The van der Waals surface area contributed by atoms with Gasteiger partial charge in [-0.2, -0.15) is 0 Å². The van der Waals surface area contributed by atoms with Gasteiger partial charge in [0.25, 0.3) is 5.91 Å². The minimum absolute atomic E-state index is 0.0238. The molecule has 0 saturated heterocycles. The number of fused-ring (bicyclic) bond motifs is 1. The number of carbonyl (C=O) groups is 1. The van der Waals surface area contributed by atoms with Crippen LogP contribution >= 0.6 is 11.3 Å². The van der Waals surface area contributed by atoms with Gasteiger partial charge in [0, 0.05) is 11.1 Å². The van der Waals surface area contributed by atoms with E-state index in [1.54, 1.807) is 0 Å². The third-order valence-corrected chi connectivity index (χ3v) is 3.87. The van der Waals surface area contributed by atoms with Crippen LogP contribution in [-0.2, 0) is 12.8 Å². The zero-order valence-corrected chi connectivity index (χ0v) is 10.3. The van der Waals surface area contributed by atoms with E-state index in [1.807, 2.05) is 0 Å². The molecular formula is C12H11N3O2S. The first kappa shape index (κ1) is 11.2. The molecule has 0 bridgehead atoms. The number of amides is 1. The maximum Gasteiger partial charge on any atom is 0.259 e. The molecule has 0 aliphatic heterocycles. The smallest absolute Gasteiger partial charge is 0.259 e. The Balaban J connectivity index is 1.78. The average Bonchev–Trinajstić information content (AvgIpc) is 2.89. The van der Waals surface area contributed by atoms with Gasteiger partial charge in [-0.25, -0.2) is 4.98 Å². The number of thiazole rings is 1. The number of nitrogens with one attached hydrogen (secondary N) is 1. The summed E-state index contributed by atoms with van der Waals surface area (Å²) in [5.74, 6) is -0.324. The number of aromatic nitrogens is 2. The van der Waals surface area contributed by atoms with Gasteiger partial charge < -0.3 is 5.11 Å². The van der Waals surface area contributed by atoms with Crippen molar-refractivity contribution in [3.63, 3.8) is 0 Å². The summed E-state index contributed by atoms with van der Waals surface area (Å²) in [5.41, 5.74) is 1.43. The molecule has 2 aromatic rings. The number of rotatable bonds is 2. The molecule has 6 heteroatoms. The molecule has 0 saturated carbocycles. The van der Waals surface area contributed by atoms with E-state index in [-0.39, 0.29) is 11.7 Å². The number of aryl methyl sites for hydroxylation is 2. The number of carbonyl (C=O) groups excluding carboxylic acids is 1. The fourth-order valence-corrected chi connectivity index (χ4v) is 3.01. The van der Waals surface area contributed by atoms with Crippen molar-refractivity contribution in [3.05, 3.63) is 34.6 Å². The van der Waals surface area contributed by atoms with Gasteiger partial charge in [0.2, 0.25) is 0 Å². The number of hydrogen-bond donors (Lipinski definition) is 2. The Morgan fingerprint density at radius 3 is 3.06 bits per heavy atom. The molecule has 1 aliphatic carbocycles. The van der Waals surface area contributed by atoms with E-state index >= 15 is 0 Å². The molecule has 3 rings (SSSR count). The van der Waals surface area contributed by atoms with Crippen LogP contribution in [0.3, 0.4) is 0 Å². The van der Waals surface area contributed by atoms with Crippen molar-refractivity contribution in [1.29, 1.82) is 0 Å². The SMILES string of the molecule is O=C(Nc1nc2c(s1)CCC2)c1cncc(O)c1. The van der Waals surface area contributed by atoms with Gasteiger partial charge in [0.05, 0.1) is 17.5 Å². The molecule has 2 aromatic heterocycles. The molecule has 0 radical (unpaired) electrons. The molecular weight excluding hydrogens is 250 g/mol. The number of anilines is 1. The van der Waals surface area contributed by atoms with Crippen LogP contribution in [0.1, 0.15) is 27.3 Å². The van der Waals surface area contributed by atoms with E-state index < -0.39 is 0 Å². The Hall–Kier alpha value is -1.95. The van der Waals surface area contributed by atoms with Gasteiger partial charge in [0.15, 0.2) is 5.13 Å². The van der Waals surface area contributed by atoms with Crippen LogP contribution in [0.15, 0.2) is 18.5 Å². The van der Waals surface area contributed by atoms with E-state index in [2.05, 4.69) is 15.3 Å². The summed E-state index contributed by atoms with van der Waals surface area (Å²) in [4.78, 5) is 21.3. The van der Waals surface area contributed by atoms with Gasteiger partial charge in [-0.3, -0.25) is 15.1 Å². The van der Waals surface area contributed by atoms with Crippen LogP contribution < -0.4 is 5.32 Å². The molecule has 18 heavy (non-hydrogen) atoms. The van der Waals surface area contributed by atoms with Crippen molar-refractivity contribution >= 4 is 22.4 Å². The largest absolute Gasteiger partial charge is 0.506 e. The summed E-state index contributed by atoms with van der Waals surface area (Å²) >= 11 is 1.52. The van der Waals surface area contributed by atoms with Crippen molar-refractivity contribution in [1.82, 2.24) is 9.97 Å². The Labute approximate surface area is 108 Å². The van der Waals surface area contributed by atoms with E-state index in [0.29, 0.717) is 10.7 Å². The number of hydrogen-bond acceptors (Lipinski definition) is 5. The summed E-state index contributed by atoms with van der Waals surface area (Å²) in [6, 6.07) is 1.38. The fraction of sp³-hybridized carbons (Fsp3) is 0.250. The van der Waals surface area contributed by atoms with Crippen molar-refractivity contribution in [2.24, 2.45) is 0 Å². The number of aromatic hydroxyl groups is 1. The van der Waals surface area contributed by atoms with Crippen LogP contribution in [0, 0.1) is 0 Å². The molecule has 1 amide bonds. The normalized spacial score (nSPS) is 13.3. The van der Waals surface area contributed by atoms with E-state index in [0.717, 1.165) is 25.0 Å². The van der Waals surface area contributed by atoms with Gasteiger partial charge in [-0.1, -0.05) is 0 Å². The molecule has 0 atom stereocenters. The molecule has 2 heterocycles. The quantitative estimate of drug-likeness (QED) is 0.866. The Kier molecular flexibility index (Phi) is 2.71. The van der Waals surface area contributed by atoms with E-state index in [9.17, 15) is 9.90 Å². The molecule has 0 fully saturated rings. The van der Waals surface area contributed by atoms with Crippen molar-refractivity contribution < 1.29 is 9.90 Å². The van der Waals surface area contributed by atoms with Gasteiger partial charge in [-0.15, -0.1) is 11.3 Å². The Bertz CT molecular complexity index is 588. The van der Waals surface area contributed by atoms with Crippen LogP contribution in [-0.4, -0.2) is 21.0 Å². The van der Waals surface area contributed by atoms with Crippen LogP contribution in [0.5, 0.6) is 5.75 Å². The zero-order valence-electron chi connectivity index (χ0n) is 9.51. The molecule has 0 spiro atoms. The molecule has 2 N–H and O–H groups in total. The zero-order chi connectivity index (χ0) is 12.5. The van der Waals surface area contributed by atoms with Crippen molar-refractivity contribution in [2.45, 2.75) is 19.3 Å². The van der Waals surface area contributed by atoms with Gasteiger partial charge in [0.1, 0.15) is 5.75 Å². The Morgan fingerprint density at radius 1 is 1.39 bits per heavy atom. The summed E-state index contributed by atoms with van der Waals surface area (Å²) in [6.45, 7) is 0. The monoisotopic (exact) mass is 261 g/mol. The third kappa shape index (κ3) is 2.06. The van der Waals surface area contributed by atoms with Crippen LogP contribution in [0.25, 0.3) is 0 Å². The number of pyridine rings is 1. The van der Waals surface area contributed by atoms with Crippen molar-refractivity contribution in [2.75, 3.05) is 5.32 Å². The summed E-state index contributed by atoms with van der Waals surface area (Å²) in [6.07, 6.45) is 5.90. The summed E-state index contributed by atoms with van der Waals surface area (Å²) < 4.78 is 0. The second-order valence-corrected chi connectivity index (χ2v) is 5.21. The average molecular weight is 261 g/mol. The molecule has 92 valence electrons. The second-order valence-electron chi connectivity index (χ2n) is 4.13. The first-order chi connectivity index (χ1) is 8.72. The predicted molar refractivity (Wildman–Crippen MR) is 68.0 cm³/mol. The molecule has 5 nitrogen and oxygen atoms in total. The standard InChI is InChI=1S/C12H11N3O2S/c16-8-4-7(5-13-6-8)11(17)15-12-14-9-2-1-3-10(9)18-12/h4-6,16H,1-3H2,(H,14,15,17). The molecule has 0 aromatic carbocycles. The highest BCUT2D eigenvalue weighted by Crippen LogP contribution is 2.30. The minimum atomic E-state index is -0.300. The summed E-state index contributed by atoms with van der Waals surface area (Å²) in [5, 5.41) is 12.6. The summed E-state index contributed by atoms with van der Waals surface area (Å²) in [7, 11) is 0. The predicted octanol–water partition coefficient (Wildman–Crippen LogP) is 1.98. The first-order valence-electron chi connectivity index (χ1n) is 5.66. The second kappa shape index (κ2) is 4.38. The lowest BCUT2D eigenvalue weighted by Gasteiger charge is -2.01. The van der Waals surface area contributed by atoms with Crippen LogP contribution in [0.2, 0.25) is 0 Å². The lowest BCUT2D eigenvalue weighted by atomic mass is 10.2. The fourth-order valence-electron chi connectivity index (χ4n) is 1.97. The molecule has 1 aliphatic rings. The topological polar surface area (TPSA) is 75.1 Å². The lowest BCUT2D eigenvalue weighted by Crippen LogP contribution is -2.11. The highest BCUT2D eigenvalue weighted by molar-refractivity contribution is 7.15. The van der Waals surface area contributed by atoms with E-state index in [4.69, 9.17) is 0 Å². The highest BCUT2D eigenvalue weighted by atomic mass is 32.1. The maximum atomic E-state index is 11.9. The Morgan fingerprint density at radius 2 is 2.28 bits per heavy atom. The first-order valence-corrected chi connectivity index (χ1v) is 6.48. The van der Waals surface area contributed by atoms with Crippen molar-refractivity contribution in [3.8, 4) is 5.75 Å². The minimum Gasteiger partial charge on any atom is -0.506 e. The lowest BCUT2D eigenvalue weighted by molar-refractivity contribution is 0.102. The molecule has 0 unspecified atom stereocenters. The third-order valence-electron chi connectivity index (χ3n) is 2.80. The van der Waals surface area contributed by atoms with Crippen LogP contribution in [0.4, 0.5) is 5.13 Å². The van der Waals surface area contributed by atoms with Gasteiger partial charge in [-0.05, 0) is 25.3 Å². The number of nitrogens with zero attached hydrogens (tertiary/aromatic N) is 2. The van der Waals surface area contributed by atoms with E-state index in [1.165, 1.54) is 34.7 Å². The maximum absolute atomic E-state index is 11.9. The van der Waals surface area contributed by atoms with Gasteiger partial charge >= 0.3 is 0 Å².